The average Bonchev–Trinajstić information content (AvgIpc) is 2.48. The third-order valence-corrected chi connectivity index (χ3v) is 2.98. The van der Waals surface area contributed by atoms with E-state index in [0.717, 1.165) is 5.69 Å². The summed E-state index contributed by atoms with van der Waals surface area (Å²) in [6, 6.07) is 19.2. The number of anilines is 1. The van der Waals surface area contributed by atoms with Crippen LogP contribution in [0.25, 0.3) is 0 Å². The molecule has 0 aliphatic heterocycles. The Hall–Kier alpha value is -2.33. The minimum atomic E-state index is -0.430. The predicted molar refractivity (Wildman–Crippen MR) is 81.2 cm³/mol. The van der Waals surface area contributed by atoms with Crippen LogP contribution in [0.5, 0.6) is 0 Å². The number of nitrogens with two attached hydrogens (primary N) is 1. The van der Waals surface area contributed by atoms with Gasteiger partial charge in [-0.1, -0.05) is 48.5 Å². The number of nitrogens with one attached hydrogen (secondary N) is 2. The van der Waals surface area contributed by atoms with E-state index in [0.29, 0.717) is 13.1 Å². The molecule has 20 heavy (non-hydrogen) atoms. The first-order chi connectivity index (χ1) is 9.75. The summed E-state index contributed by atoms with van der Waals surface area (Å²) in [5, 5.41) is 6.37. The summed E-state index contributed by atoms with van der Waals surface area (Å²) in [7, 11) is 0. The number of rotatable bonds is 7. The molecule has 0 radical (unpaired) electrons. The summed E-state index contributed by atoms with van der Waals surface area (Å²) in [5.41, 5.74) is 7.49. The van der Waals surface area contributed by atoms with Crippen molar-refractivity contribution in [2.75, 3.05) is 11.9 Å². The van der Waals surface area contributed by atoms with Gasteiger partial charge in [0, 0.05) is 18.8 Å². The Labute approximate surface area is 119 Å². The van der Waals surface area contributed by atoms with Gasteiger partial charge in [0.05, 0.1) is 0 Å². The van der Waals surface area contributed by atoms with Gasteiger partial charge in [0.2, 0.25) is 5.91 Å². The van der Waals surface area contributed by atoms with E-state index in [2.05, 4.69) is 10.6 Å². The third kappa shape index (κ3) is 4.40. The molecule has 4 heteroatoms. The normalized spacial score (nSPS) is 11.8. The lowest BCUT2D eigenvalue weighted by Crippen LogP contribution is -2.43. The number of hydrogen-bond acceptors (Lipinski definition) is 3. The van der Waals surface area contributed by atoms with Gasteiger partial charge >= 0.3 is 0 Å². The van der Waals surface area contributed by atoms with Crippen LogP contribution in [-0.4, -0.2) is 18.5 Å². The molecule has 0 spiro atoms. The van der Waals surface area contributed by atoms with Gasteiger partial charge in [-0.25, -0.2) is 0 Å². The van der Waals surface area contributed by atoms with Crippen LogP contribution in [0.15, 0.2) is 60.7 Å². The minimum Gasteiger partial charge on any atom is -0.373 e. The Kier molecular flexibility index (Phi) is 5.15. The molecule has 0 aromatic heterocycles. The van der Waals surface area contributed by atoms with Gasteiger partial charge in [0.1, 0.15) is 6.04 Å². The maximum Gasteiger partial charge on any atom is 0.241 e. The van der Waals surface area contributed by atoms with Crippen LogP contribution < -0.4 is 16.4 Å². The van der Waals surface area contributed by atoms with E-state index in [1.807, 2.05) is 60.7 Å². The molecular weight excluding hydrogens is 250 g/mol. The highest BCUT2D eigenvalue weighted by molar-refractivity contribution is 5.83. The van der Waals surface area contributed by atoms with Crippen molar-refractivity contribution in [1.29, 1.82) is 0 Å². The average molecular weight is 269 g/mol. The summed E-state index contributed by atoms with van der Waals surface area (Å²) in [6.07, 6.45) is 0. The lowest BCUT2D eigenvalue weighted by molar-refractivity contribution is -0.118. The molecule has 4 N–H and O–H groups in total. The fourth-order valence-electron chi connectivity index (χ4n) is 1.92. The van der Waals surface area contributed by atoms with E-state index in [1.165, 1.54) is 5.56 Å². The van der Waals surface area contributed by atoms with Gasteiger partial charge in [-0.15, -0.1) is 0 Å². The molecule has 2 aromatic rings. The molecule has 0 saturated heterocycles. The molecule has 104 valence electrons. The lowest BCUT2D eigenvalue weighted by atomic mass is 10.2. The fourth-order valence-corrected chi connectivity index (χ4v) is 1.92. The minimum absolute atomic E-state index is 0.366. The lowest BCUT2D eigenvalue weighted by Gasteiger charge is -2.17. The zero-order valence-electron chi connectivity index (χ0n) is 11.3. The van der Waals surface area contributed by atoms with E-state index in [4.69, 9.17) is 5.73 Å². The second kappa shape index (κ2) is 7.31. The van der Waals surface area contributed by atoms with Crippen molar-refractivity contribution in [3.05, 3.63) is 66.2 Å². The molecular formula is C16H19N3O. The summed E-state index contributed by atoms with van der Waals surface area (Å²) in [6.45, 7) is 1.19. The molecule has 0 bridgehead atoms. The number of primary amides is 1. The summed E-state index contributed by atoms with van der Waals surface area (Å²) in [4.78, 5) is 11.5. The van der Waals surface area contributed by atoms with E-state index >= 15 is 0 Å². The molecule has 0 fully saturated rings. The van der Waals surface area contributed by atoms with Crippen molar-refractivity contribution in [3.8, 4) is 0 Å². The van der Waals surface area contributed by atoms with Crippen LogP contribution in [0.3, 0.4) is 0 Å². The van der Waals surface area contributed by atoms with Crippen molar-refractivity contribution in [1.82, 2.24) is 5.32 Å². The van der Waals surface area contributed by atoms with Gasteiger partial charge in [-0.3, -0.25) is 4.79 Å². The topological polar surface area (TPSA) is 67.2 Å². The monoisotopic (exact) mass is 269 g/mol. The van der Waals surface area contributed by atoms with Crippen LogP contribution in [0.4, 0.5) is 5.69 Å². The molecule has 2 aromatic carbocycles. The van der Waals surface area contributed by atoms with Crippen LogP contribution in [-0.2, 0) is 11.3 Å². The molecule has 1 atom stereocenters. The summed E-state index contributed by atoms with van der Waals surface area (Å²) < 4.78 is 0. The van der Waals surface area contributed by atoms with Crippen molar-refractivity contribution in [3.63, 3.8) is 0 Å². The number of carbonyl (C=O) groups excluding carboxylic acids is 1. The molecule has 0 aliphatic rings. The second-order valence-corrected chi connectivity index (χ2v) is 4.58. The third-order valence-electron chi connectivity index (χ3n) is 2.98. The van der Waals surface area contributed by atoms with Gasteiger partial charge in [-0.05, 0) is 17.7 Å². The zero-order valence-corrected chi connectivity index (χ0v) is 11.3. The smallest absolute Gasteiger partial charge is 0.241 e. The summed E-state index contributed by atoms with van der Waals surface area (Å²) >= 11 is 0. The molecule has 0 heterocycles. The second-order valence-electron chi connectivity index (χ2n) is 4.58. The molecule has 0 saturated carbocycles. The van der Waals surface area contributed by atoms with Gasteiger partial charge in [0.15, 0.2) is 0 Å². The van der Waals surface area contributed by atoms with Crippen molar-refractivity contribution >= 4 is 11.6 Å². The van der Waals surface area contributed by atoms with Gasteiger partial charge < -0.3 is 16.4 Å². The maximum atomic E-state index is 11.5. The predicted octanol–water partition coefficient (Wildman–Crippen LogP) is 1.74. The first-order valence-electron chi connectivity index (χ1n) is 6.61. The Morgan fingerprint density at radius 3 is 2.20 bits per heavy atom. The van der Waals surface area contributed by atoms with Crippen molar-refractivity contribution in [2.45, 2.75) is 12.6 Å². The van der Waals surface area contributed by atoms with Gasteiger partial charge in [0.25, 0.3) is 0 Å². The van der Waals surface area contributed by atoms with Crippen molar-refractivity contribution in [2.24, 2.45) is 5.73 Å². The van der Waals surface area contributed by atoms with Crippen LogP contribution in [0.2, 0.25) is 0 Å². The van der Waals surface area contributed by atoms with Crippen LogP contribution in [0, 0.1) is 0 Å². The van der Waals surface area contributed by atoms with Crippen LogP contribution in [0.1, 0.15) is 5.56 Å². The van der Waals surface area contributed by atoms with E-state index in [9.17, 15) is 4.79 Å². The molecule has 4 nitrogen and oxygen atoms in total. The van der Waals surface area contributed by atoms with E-state index in [-0.39, 0.29) is 5.91 Å². The van der Waals surface area contributed by atoms with E-state index in [1.54, 1.807) is 0 Å². The Balaban J connectivity index is 1.85. The first kappa shape index (κ1) is 14.1. The summed E-state index contributed by atoms with van der Waals surface area (Å²) in [5.74, 6) is -0.366. The largest absolute Gasteiger partial charge is 0.373 e. The molecule has 1 amide bonds. The highest BCUT2D eigenvalue weighted by Gasteiger charge is 2.14. The standard InChI is InChI=1S/C16H19N3O/c17-16(20)15(19-14-9-5-2-6-10-14)12-18-11-13-7-3-1-4-8-13/h1-10,15,18-19H,11-12H2,(H2,17,20). The van der Waals surface area contributed by atoms with E-state index < -0.39 is 6.04 Å². The number of hydrogen-bond donors (Lipinski definition) is 3. The van der Waals surface area contributed by atoms with Crippen molar-refractivity contribution < 1.29 is 4.79 Å². The fraction of sp³-hybridized carbons (Fsp3) is 0.188. The Bertz CT molecular complexity index is 528. The quantitative estimate of drug-likeness (QED) is 0.717. The number of carbonyl (C=O) groups is 1. The number of para-hydroxylation sites is 1. The van der Waals surface area contributed by atoms with Crippen LogP contribution >= 0.6 is 0 Å². The highest BCUT2D eigenvalue weighted by atomic mass is 16.1. The molecule has 2 rings (SSSR count). The Morgan fingerprint density at radius 1 is 1.00 bits per heavy atom. The molecule has 0 aliphatic carbocycles. The first-order valence-corrected chi connectivity index (χ1v) is 6.61. The zero-order chi connectivity index (χ0) is 14.2. The maximum absolute atomic E-state index is 11.5. The number of amides is 1. The number of benzene rings is 2. The SMILES string of the molecule is NC(=O)C(CNCc1ccccc1)Nc1ccccc1. The Morgan fingerprint density at radius 2 is 1.60 bits per heavy atom. The molecule has 1 unspecified atom stereocenters. The highest BCUT2D eigenvalue weighted by Crippen LogP contribution is 2.07. The van der Waals surface area contributed by atoms with Gasteiger partial charge in [-0.2, -0.15) is 0 Å².